The van der Waals surface area contributed by atoms with Gasteiger partial charge in [0.1, 0.15) is 0 Å². The maximum atomic E-state index is 12.5. The summed E-state index contributed by atoms with van der Waals surface area (Å²) in [6.07, 6.45) is 3.29. The molecule has 24 heavy (non-hydrogen) atoms. The van der Waals surface area contributed by atoms with Gasteiger partial charge in [-0.05, 0) is 43.7 Å². The smallest absolute Gasteiger partial charge is 0.243 e. The van der Waals surface area contributed by atoms with E-state index in [0.29, 0.717) is 0 Å². The van der Waals surface area contributed by atoms with Crippen LogP contribution in [0.15, 0.2) is 53.7 Å². The van der Waals surface area contributed by atoms with E-state index in [9.17, 15) is 13.2 Å². The number of likely N-dealkylation sites (N-methyl/N-ethyl adjacent to an activating group) is 1. The number of carbonyl (C=O) groups is 1. The molecule has 1 atom stereocenters. The van der Waals surface area contributed by atoms with Crippen LogP contribution in [-0.2, 0) is 14.8 Å². The van der Waals surface area contributed by atoms with Crippen molar-refractivity contribution in [3.8, 4) is 0 Å². The number of carbonyl (C=O) groups excluding carboxylic acids is 1. The number of nitrogens with zero attached hydrogens (tertiary/aromatic N) is 2. The molecule has 1 heterocycles. The van der Waals surface area contributed by atoms with E-state index in [1.807, 2.05) is 13.8 Å². The lowest BCUT2D eigenvalue weighted by atomic mass is 10.1. The fourth-order valence-electron chi connectivity index (χ4n) is 2.20. The molecule has 1 aromatic carbocycles. The Hall–Kier alpha value is -2.25. The molecular formula is C17H21N3O3S. The lowest BCUT2D eigenvalue weighted by molar-refractivity contribution is -0.121. The van der Waals surface area contributed by atoms with Gasteiger partial charge < -0.3 is 5.32 Å². The van der Waals surface area contributed by atoms with Crippen LogP contribution in [0.3, 0.4) is 0 Å². The minimum absolute atomic E-state index is 0.172. The Labute approximate surface area is 142 Å². The molecule has 0 spiro atoms. The third-order valence-corrected chi connectivity index (χ3v) is 5.50. The number of pyridine rings is 1. The molecule has 2 rings (SSSR count). The first-order valence-electron chi connectivity index (χ1n) is 7.53. The van der Waals surface area contributed by atoms with Gasteiger partial charge in [0.05, 0.1) is 17.5 Å². The zero-order valence-electron chi connectivity index (χ0n) is 13.9. The second-order valence-corrected chi connectivity index (χ2v) is 7.69. The largest absolute Gasteiger partial charge is 0.348 e. The van der Waals surface area contributed by atoms with Crippen LogP contribution in [0.2, 0.25) is 0 Å². The molecule has 0 aliphatic carbocycles. The van der Waals surface area contributed by atoms with Crippen molar-refractivity contribution in [2.75, 3.05) is 13.6 Å². The van der Waals surface area contributed by atoms with Crippen LogP contribution in [0.1, 0.15) is 24.1 Å². The van der Waals surface area contributed by atoms with E-state index < -0.39 is 10.0 Å². The van der Waals surface area contributed by atoms with Crippen LogP contribution in [0.25, 0.3) is 0 Å². The molecule has 0 aliphatic heterocycles. The predicted octanol–water partition coefficient (Wildman–Crippen LogP) is 1.89. The molecule has 128 valence electrons. The van der Waals surface area contributed by atoms with Crippen LogP contribution >= 0.6 is 0 Å². The second-order valence-electron chi connectivity index (χ2n) is 5.64. The zero-order valence-corrected chi connectivity index (χ0v) is 14.7. The van der Waals surface area contributed by atoms with Crippen molar-refractivity contribution in [2.45, 2.75) is 24.8 Å². The molecular weight excluding hydrogens is 326 g/mol. The third kappa shape index (κ3) is 4.39. The number of amides is 1. The van der Waals surface area contributed by atoms with Crippen molar-refractivity contribution in [3.63, 3.8) is 0 Å². The quantitative estimate of drug-likeness (QED) is 0.865. The van der Waals surface area contributed by atoms with Crippen molar-refractivity contribution in [1.29, 1.82) is 0 Å². The van der Waals surface area contributed by atoms with E-state index in [1.165, 1.54) is 7.05 Å². The lowest BCUT2D eigenvalue weighted by Gasteiger charge is -2.19. The number of hydrogen-bond acceptors (Lipinski definition) is 4. The topological polar surface area (TPSA) is 79.4 Å². The highest BCUT2D eigenvalue weighted by Crippen LogP contribution is 2.15. The lowest BCUT2D eigenvalue weighted by Crippen LogP contribution is -2.39. The van der Waals surface area contributed by atoms with Crippen molar-refractivity contribution in [2.24, 2.45) is 0 Å². The molecule has 0 bridgehead atoms. The number of aromatic nitrogens is 1. The summed E-state index contributed by atoms with van der Waals surface area (Å²) >= 11 is 0. The van der Waals surface area contributed by atoms with Gasteiger partial charge in [-0.1, -0.05) is 17.7 Å². The van der Waals surface area contributed by atoms with E-state index in [4.69, 9.17) is 0 Å². The summed E-state index contributed by atoms with van der Waals surface area (Å²) in [7, 11) is -2.29. The van der Waals surface area contributed by atoms with Gasteiger partial charge in [-0.2, -0.15) is 4.31 Å². The summed E-state index contributed by atoms with van der Waals surface area (Å²) in [6.45, 7) is 3.47. The molecule has 0 saturated carbocycles. The molecule has 6 nitrogen and oxygen atoms in total. The van der Waals surface area contributed by atoms with E-state index in [1.54, 1.807) is 48.8 Å². The monoisotopic (exact) mass is 347 g/mol. The van der Waals surface area contributed by atoms with Gasteiger partial charge in [0, 0.05) is 19.4 Å². The minimum Gasteiger partial charge on any atom is -0.348 e. The molecule has 0 radical (unpaired) electrons. The zero-order chi connectivity index (χ0) is 17.7. The van der Waals surface area contributed by atoms with Gasteiger partial charge in [-0.25, -0.2) is 8.42 Å². The van der Waals surface area contributed by atoms with Gasteiger partial charge in [0.25, 0.3) is 0 Å². The standard InChI is InChI=1S/C17H21N3O3S/c1-13-4-6-16(7-5-13)24(22,23)20(3)12-17(21)19-14(2)15-8-10-18-11-9-15/h4-11,14H,12H2,1-3H3,(H,19,21). The highest BCUT2D eigenvalue weighted by molar-refractivity contribution is 7.89. The molecule has 1 aromatic heterocycles. The van der Waals surface area contributed by atoms with E-state index >= 15 is 0 Å². The highest BCUT2D eigenvalue weighted by atomic mass is 32.2. The molecule has 1 unspecified atom stereocenters. The van der Waals surface area contributed by atoms with Gasteiger partial charge in [-0.3, -0.25) is 9.78 Å². The summed E-state index contributed by atoms with van der Waals surface area (Å²) in [4.78, 5) is 16.2. The predicted molar refractivity (Wildman–Crippen MR) is 91.8 cm³/mol. The van der Waals surface area contributed by atoms with E-state index in [-0.39, 0.29) is 23.4 Å². The number of aryl methyl sites for hydroxylation is 1. The fourth-order valence-corrected chi connectivity index (χ4v) is 3.33. The first-order chi connectivity index (χ1) is 11.3. The molecule has 0 aliphatic rings. The molecule has 0 saturated heterocycles. The summed E-state index contributed by atoms with van der Waals surface area (Å²) in [6, 6.07) is 9.92. The second kappa shape index (κ2) is 7.55. The number of sulfonamides is 1. The summed E-state index contributed by atoms with van der Waals surface area (Å²) in [5.41, 5.74) is 1.88. The molecule has 1 amide bonds. The molecule has 0 fully saturated rings. The Bertz CT molecular complexity index is 790. The van der Waals surface area contributed by atoms with Gasteiger partial charge in [-0.15, -0.1) is 0 Å². The Balaban J connectivity index is 2.01. The van der Waals surface area contributed by atoms with E-state index in [2.05, 4.69) is 10.3 Å². The van der Waals surface area contributed by atoms with Gasteiger partial charge in [0.15, 0.2) is 0 Å². The van der Waals surface area contributed by atoms with Crippen molar-refractivity contribution >= 4 is 15.9 Å². The van der Waals surface area contributed by atoms with Crippen LogP contribution in [0.5, 0.6) is 0 Å². The first-order valence-corrected chi connectivity index (χ1v) is 8.97. The average Bonchev–Trinajstić information content (AvgIpc) is 2.55. The number of hydrogen-bond donors (Lipinski definition) is 1. The van der Waals surface area contributed by atoms with E-state index in [0.717, 1.165) is 15.4 Å². The molecule has 1 N–H and O–H groups in total. The SMILES string of the molecule is Cc1ccc(S(=O)(=O)N(C)CC(=O)NC(C)c2ccncc2)cc1. The molecule has 7 heteroatoms. The van der Waals surface area contributed by atoms with Crippen molar-refractivity contribution in [3.05, 3.63) is 59.9 Å². The summed E-state index contributed by atoms with van der Waals surface area (Å²) in [5.74, 6) is -0.363. The van der Waals surface area contributed by atoms with Crippen LogP contribution in [0.4, 0.5) is 0 Å². The van der Waals surface area contributed by atoms with Gasteiger partial charge in [0.2, 0.25) is 15.9 Å². The van der Waals surface area contributed by atoms with Crippen LogP contribution < -0.4 is 5.32 Å². The number of nitrogens with one attached hydrogen (secondary N) is 1. The van der Waals surface area contributed by atoms with Crippen LogP contribution in [-0.4, -0.2) is 37.2 Å². The number of rotatable bonds is 6. The summed E-state index contributed by atoms with van der Waals surface area (Å²) < 4.78 is 26.0. The first kappa shape index (κ1) is 18.1. The van der Waals surface area contributed by atoms with Crippen molar-refractivity contribution < 1.29 is 13.2 Å². The summed E-state index contributed by atoms with van der Waals surface area (Å²) in [5, 5.41) is 2.79. The minimum atomic E-state index is -3.69. The number of benzene rings is 1. The Morgan fingerprint density at radius 1 is 1.17 bits per heavy atom. The van der Waals surface area contributed by atoms with Gasteiger partial charge >= 0.3 is 0 Å². The van der Waals surface area contributed by atoms with Crippen LogP contribution in [0, 0.1) is 6.92 Å². The Morgan fingerprint density at radius 3 is 2.33 bits per heavy atom. The Morgan fingerprint density at radius 2 is 1.75 bits per heavy atom. The maximum absolute atomic E-state index is 12.5. The third-order valence-electron chi connectivity index (χ3n) is 3.68. The molecule has 2 aromatic rings. The maximum Gasteiger partial charge on any atom is 0.243 e. The Kier molecular flexibility index (Phi) is 5.69. The average molecular weight is 347 g/mol. The highest BCUT2D eigenvalue weighted by Gasteiger charge is 2.23. The van der Waals surface area contributed by atoms with Crippen molar-refractivity contribution in [1.82, 2.24) is 14.6 Å². The normalized spacial score (nSPS) is 12.8. The fraction of sp³-hybridized carbons (Fsp3) is 0.294.